The summed E-state index contributed by atoms with van der Waals surface area (Å²) in [5, 5.41) is 3.85. The second kappa shape index (κ2) is 6.62. The Hall–Kier alpha value is -0.340. The fourth-order valence-corrected chi connectivity index (χ4v) is 4.87. The Balaban J connectivity index is 1.72. The van der Waals surface area contributed by atoms with Gasteiger partial charge >= 0.3 is 0 Å². The zero-order valence-corrected chi connectivity index (χ0v) is 13.4. The van der Waals surface area contributed by atoms with Crippen LogP contribution in [0.1, 0.15) is 64.7 Å². The molecule has 0 aromatic heterocycles. The van der Waals surface area contributed by atoms with Crippen molar-refractivity contribution >= 4 is 0 Å². The Labute approximate surface area is 125 Å². The number of fused-ring (bicyclic) bond motifs is 2. The number of hydrogen-bond acceptors (Lipinski definition) is 2. The smallest absolute Gasteiger partial charge is 0.0308 e. The quantitative estimate of drug-likeness (QED) is 0.787. The first-order chi connectivity index (χ1) is 9.79. The van der Waals surface area contributed by atoms with Crippen molar-refractivity contribution in [1.29, 1.82) is 0 Å². The largest absolute Gasteiger partial charge is 0.310 e. The molecule has 114 valence electrons. The van der Waals surface area contributed by atoms with Crippen LogP contribution < -0.4 is 5.32 Å². The number of rotatable bonds is 4. The molecule has 2 aliphatic heterocycles. The molecule has 1 N–H and O–H groups in total. The maximum Gasteiger partial charge on any atom is 0.0308 e. The molecular weight excluding hydrogens is 244 g/mol. The minimum Gasteiger partial charge on any atom is -0.310 e. The first-order valence-electron chi connectivity index (χ1n) is 8.93. The first kappa shape index (κ1) is 14.6. The van der Waals surface area contributed by atoms with Gasteiger partial charge in [-0.15, -0.1) is 0 Å². The minimum absolute atomic E-state index is 0.676. The van der Waals surface area contributed by atoms with Gasteiger partial charge in [0.25, 0.3) is 0 Å². The molecular formula is C18H32N2. The molecule has 0 radical (unpaired) electrons. The molecule has 2 heterocycles. The normalized spacial score (nSPS) is 36.5. The van der Waals surface area contributed by atoms with Crippen molar-refractivity contribution in [2.24, 2.45) is 5.92 Å². The van der Waals surface area contributed by atoms with Crippen LogP contribution in [0.4, 0.5) is 0 Å². The third kappa shape index (κ3) is 2.96. The van der Waals surface area contributed by atoms with Gasteiger partial charge in [0.1, 0.15) is 0 Å². The van der Waals surface area contributed by atoms with Gasteiger partial charge in [-0.2, -0.15) is 0 Å². The van der Waals surface area contributed by atoms with Gasteiger partial charge in [0, 0.05) is 18.1 Å². The summed E-state index contributed by atoms with van der Waals surface area (Å²) in [4.78, 5) is 2.67. The van der Waals surface area contributed by atoms with Crippen molar-refractivity contribution in [3.05, 3.63) is 11.6 Å². The van der Waals surface area contributed by atoms with Gasteiger partial charge in [-0.1, -0.05) is 25.0 Å². The van der Waals surface area contributed by atoms with E-state index < -0.39 is 0 Å². The number of allylic oxidation sites excluding steroid dienone is 1. The molecule has 2 heteroatoms. The van der Waals surface area contributed by atoms with Gasteiger partial charge < -0.3 is 10.2 Å². The van der Waals surface area contributed by atoms with E-state index in [1.54, 1.807) is 5.57 Å². The molecule has 20 heavy (non-hydrogen) atoms. The summed E-state index contributed by atoms with van der Waals surface area (Å²) in [6, 6.07) is 2.41. The molecule has 0 saturated carbocycles. The molecule has 3 atom stereocenters. The highest BCUT2D eigenvalue weighted by molar-refractivity contribution is 5.15. The third-order valence-corrected chi connectivity index (χ3v) is 6.01. The summed E-state index contributed by atoms with van der Waals surface area (Å²) in [7, 11) is 2.35. The molecule has 0 spiro atoms. The van der Waals surface area contributed by atoms with Gasteiger partial charge in [0.2, 0.25) is 0 Å². The lowest BCUT2D eigenvalue weighted by atomic mass is 9.80. The van der Waals surface area contributed by atoms with E-state index in [1.165, 1.54) is 57.8 Å². The minimum atomic E-state index is 0.676. The third-order valence-electron chi connectivity index (χ3n) is 6.01. The molecule has 0 aromatic rings. The van der Waals surface area contributed by atoms with Crippen molar-refractivity contribution in [3.8, 4) is 0 Å². The van der Waals surface area contributed by atoms with Crippen LogP contribution in [0.25, 0.3) is 0 Å². The summed E-state index contributed by atoms with van der Waals surface area (Å²) < 4.78 is 0. The van der Waals surface area contributed by atoms with E-state index in [1.807, 2.05) is 0 Å². The van der Waals surface area contributed by atoms with Crippen LogP contribution in [-0.2, 0) is 0 Å². The Kier molecular flexibility index (Phi) is 4.83. The van der Waals surface area contributed by atoms with E-state index in [0.717, 1.165) is 24.5 Å². The number of nitrogens with zero attached hydrogens (tertiary/aromatic N) is 1. The first-order valence-corrected chi connectivity index (χ1v) is 8.93. The Morgan fingerprint density at radius 1 is 1.20 bits per heavy atom. The highest BCUT2D eigenvalue weighted by Crippen LogP contribution is 2.40. The molecule has 3 unspecified atom stereocenters. The van der Waals surface area contributed by atoms with Crippen molar-refractivity contribution in [2.45, 2.75) is 82.8 Å². The summed E-state index contributed by atoms with van der Waals surface area (Å²) in [6.45, 7) is 3.39. The van der Waals surface area contributed by atoms with Crippen LogP contribution >= 0.6 is 0 Å². The van der Waals surface area contributed by atoms with Crippen molar-refractivity contribution in [1.82, 2.24) is 10.2 Å². The van der Waals surface area contributed by atoms with E-state index in [2.05, 4.69) is 30.3 Å². The lowest BCUT2D eigenvalue weighted by Gasteiger charge is -2.41. The van der Waals surface area contributed by atoms with E-state index in [-0.39, 0.29) is 0 Å². The Morgan fingerprint density at radius 3 is 2.65 bits per heavy atom. The Morgan fingerprint density at radius 2 is 1.95 bits per heavy atom. The molecule has 0 amide bonds. The standard InChI is InChI=1S/C18H32N2/c1-3-19-18(14-8-6-4-5-7-9-14)15-12-16-10-11-17(13-15)20(16)2/h8,15-19H,3-7,9-13H2,1-2H3. The molecule has 2 fully saturated rings. The molecule has 0 aromatic carbocycles. The molecule has 1 aliphatic carbocycles. The zero-order chi connectivity index (χ0) is 13.9. The summed E-state index contributed by atoms with van der Waals surface area (Å²) in [5.41, 5.74) is 1.75. The SMILES string of the molecule is CCNC(C1=CCCCCC1)C1CC2CCC(C1)N2C. The molecule has 3 rings (SSSR count). The van der Waals surface area contributed by atoms with Gasteiger partial charge in [-0.05, 0) is 70.9 Å². The number of likely N-dealkylation sites (N-methyl/N-ethyl adjacent to an activating group) is 1. The lowest BCUT2D eigenvalue weighted by molar-refractivity contribution is 0.119. The van der Waals surface area contributed by atoms with Crippen LogP contribution in [0.15, 0.2) is 11.6 Å². The zero-order valence-electron chi connectivity index (χ0n) is 13.4. The van der Waals surface area contributed by atoms with Crippen LogP contribution in [0.3, 0.4) is 0 Å². The highest BCUT2D eigenvalue weighted by atomic mass is 15.2. The Bertz CT molecular complexity index is 335. The van der Waals surface area contributed by atoms with E-state index in [4.69, 9.17) is 0 Å². The molecule has 3 aliphatic rings. The van der Waals surface area contributed by atoms with Crippen molar-refractivity contribution in [2.75, 3.05) is 13.6 Å². The second-order valence-corrected chi connectivity index (χ2v) is 7.20. The predicted molar refractivity (Wildman–Crippen MR) is 85.9 cm³/mol. The van der Waals surface area contributed by atoms with E-state index in [9.17, 15) is 0 Å². The molecule has 2 bridgehead atoms. The fraction of sp³-hybridized carbons (Fsp3) is 0.889. The van der Waals surface area contributed by atoms with E-state index >= 15 is 0 Å². The van der Waals surface area contributed by atoms with Crippen molar-refractivity contribution < 1.29 is 0 Å². The monoisotopic (exact) mass is 276 g/mol. The average molecular weight is 276 g/mol. The fourth-order valence-electron chi connectivity index (χ4n) is 4.87. The van der Waals surface area contributed by atoms with Crippen molar-refractivity contribution in [3.63, 3.8) is 0 Å². The topological polar surface area (TPSA) is 15.3 Å². The van der Waals surface area contributed by atoms with Gasteiger partial charge in [0.05, 0.1) is 0 Å². The van der Waals surface area contributed by atoms with Gasteiger partial charge in [-0.25, -0.2) is 0 Å². The molecule has 2 nitrogen and oxygen atoms in total. The maximum atomic E-state index is 3.85. The number of nitrogens with one attached hydrogen (secondary N) is 1. The molecule has 2 saturated heterocycles. The lowest BCUT2D eigenvalue weighted by Crippen LogP contribution is -2.47. The number of piperidine rings is 1. The van der Waals surface area contributed by atoms with Crippen LogP contribution in [0, 0.1) is 5.92 Å². The second-order valence-electron chi connectivity index (χ2n) is 7.20. The average Bonchev–Trinajstić information content (AvgIpc) is 2.73. The summed E-state index contributed by atoms with van der Waals surface area (Å²) in [5.74, 6) is 0.882. The van der Waals surface area contributed by atoms with E-state index in [0.29, 0.717) is 6.04 Å². The summed E-state index contributed by atoms with van der Waals surface area (Å²) >= 11 is 0. The van der Waals surface area contributed by atoms with Crippen LogP contribution in [0.5, 0.6) is 0 Å². The summed E-state index contributed by atoms with van der Waals surface area (Å²) in [6.07, 6.45) is 15.2. The van der Waals surface area contributed by atoms with Crippen LogP contribution in [0.2, 0.25) is 0 Å². The predicted octanol–water partition coefficient (Wildman–Crippen LogP) is 3.73. The van der Waals surface area contributed by atoms with Crippen LogP contribution in [-0.4, -0.2) is 36.6 Å². The number of hydrogen-bond donors (Lipinski definition) is 1. The van der Waals surface area contributed by atoms with Gasteiger partial charge in [0.15, 0.2) is 0 Å². The maximum absolute atomic E-state index is 3.85. The highest BCUT2D eigenvalue weighted by Gasteiger charge is 2.41. The van der Waals surface area contributed by atoms with Gasteiger partial charge in [-0.3, -0.25) is 0 Å².